The van der Waals surface area contributed by atoms with Crippen LogP contribution in [0.3, 0.4) is 0 Å². The molecule has 9 nitrogen and oxygen atoms in total. The number of phenolic OH excluding ortho intramolecular Hbond substituents is 1. The molecule has 3 rings (SSSR count). The highest BCUT2D eigenvalue weighted by Crippen LogP contribution is 2.31. The number of nitrogens with two attached hydrogens (primary N) is 2. The normalized spacial score (nSPS) is 12.1. The van der Waals surface area contributed by atoms with Gasteiger partial charge in [-0.15, -0.1) is 0 Å². The van der Waals surface area contributed by atoms with E-state index in [4.69, 9.17) is 11.5 Å². The van der Waals surface area contributed by atoms with Crippen molar-refractivity contribution in [2.45, 2.75) is 45.3 Å². The van der Waals surface area contributed by atoms with Crippen LogP contribution in [0.25, 0.3) is 0 Å². The van der Waals surface area contributed by atoms with Crippen LogP contribution in [-0.4, -0.2) is 37.6 Å². The summed E-state index contributed by atoms with van der Waals surface area (Å²) in [5, 5.41) is 12.8. The van der Waals surface area contributed by atoms with E-state index in [0.29, 0.717) is 12.0 Å². The first kappa shape index (κ1) is 25.7. The number of aromatic hydroxyl groups is 1. The summed E-state index contributed by atoms with van der Waals surface area (Å²) in [5.74, 6) is -1.78. The molecule has 6 N–H and O–H groups in total. The summed E-state index contributed by atoms with van der Waals surface area (Å²) in [6.07, 6.45) is 0.664. The molecule has 35 heavy (non-hydrogen) atoms. The lowest BCUT2D eigenvalue weighted by atomic mass is 9.98. The van der Waals surface area contributed by atoms with E-state index in [-0.39, 0.29) is 28.6 Å². The molecule has 0 fully saturated rings. The number of hydrogen-bond acceptors (Lipinski definition) is 7. The van der Waals surface area contributed by atoms with Gasteiger partial charge in [0.15, 0.2) is 5.69 Å². The van der Waals surface area contributed by atoms with E-state index in [1.807, 2.05) is 51.1 Å². The molecule has 0 saturated carbocycles. The third kappa shape index (κ3) is 5.96. The fourth-order valence-corrected chi connectivity index (χ4v) is 4.20. The highest BCUT2D eigenvalue weighted by molar-refractivity contribution is 7.09. The summed E-state index contributed by atoms with van der Waals surface area (Å²) in [7, 11) is 0. The maximum Gasteiger partial charge on any atom is 0.270 e. The number of amides is 3. The molecule has 184 valence electrons. The Bertz CT molecular complexity index is 1210. The van der Waals surface area contributed by atoms with Gasteiger partial charge in [0.25, 0.3) is 11.8 Å². The van der Waals surface area contributed by atoms with Crippen LogP contribution in [-0.2, 0) is 11.3 Å². The summed E-state index contributed by atoms with van der Waals surface area (Å²) in [6, 6.07) is 14.2. The van der Waals surface area contributed by atoms with Crippen molar-refractivity contribution in [2.75, 3.05) is 5.73 Å². The number of carbonyl (C=O) groups excluding carboxylic acids is 3. The van der Waals surface area contributed by atoms with Gasteiger partial charge in [0, 0.05) is 12.1 Å². The molecule has 0 saturated heterocycles. The molecule has 0 aliphatic heterocycles. The molecule has 1 aromatic heterocycles. The van der Waals surface area contributed by atoms with Crippen molar-refractivity contribution in [1.82, 2.24) is 14.6 Å². The van der Waals surface area contributed by atoms with Crippen LogP contribution < -0.4 is 16.8 Å². The lowest BCUT2D eigenvalue weighted by molar-refractivity contribution is -0.127. The Morgan fingerprint density at radius 3 is 2.29 bits per heavy atom. The van der Waals surface area contributed by atoms with E-state index >= 15 is 0 Å². The van der Waals surface area contributed by atoms with Gasteiger partial charge in [0.05, 0.1) is 5.69 Å². The second-order valence-electron chi connectivity index (χ2n) is 8.78. The number of nitrogen functional groups attached to an aromatic ring is 1. The van der Waals surface area contributed by atoms with Crippen molar-refractivity contribution >= 4 is 34.9 Å². The van der Waals surface area contributed by atoms with Gasteiger partial charge in [-0.2, -0.15) is 4.37 Å². The number of benzene rings is 2. The van der Waals surface area contributed by atoms with Gasteiger partial charge >= 0.3 is 0 Å². The zero-order chi connectivity index (χ0) is 25.8. The highest BCUT2D eigenvalue weighted by Gasteiger charge is 2.36. The van der Waals surface area contributed by atoms with Crippen LogP contribution in [0.15, 0.2) is 54.6 Å². The minimum Gasteiger partial charge on any atom is -0.508 e. The van der Waals surface area contributed by atoms with E-state index < -0.39 is 29.3 Å². The molecule has 0 bridgehead atoms. The van der Waals surface area contributed by atoms with Gasteiger partial charge in [0.1, 0.15) is 16.7 Å². The predicted octanol–water partition coefficient (Wildman–Crippen LogP) is 3.22. The molecule has 3 aromatic rings. The van der Waals surface area contributed by atoms with Crippen LogP contribution in [0.1, 0.15) is 64.5 Å². The van der Waals surface area contributed by atoms with Crippen LogP contribution in [0.4, 0.5) is 5.69 Å². The molecule has 1 atom stereocenters. The van der Waals surface area contributed by atoms with E-state index in [1.54, 1.807) is 12.1 Å². The van der Waals surface area contributed by atoms with E-state index in [1.165, 1.54) is 17.0 Å². The summed E-state index contributed by atoms with van der Waals surface area (Å²) in [4.78, 5) is 40.6. The first-order valence-electron chi connectivity index (χ1n) is 11.0. The molecule has 10 heteroatoms. The zero-order valence-corrected chi connectivity index (χ0v) is 20.6. The van der Waals surface area contributed by atoms with Crippen molar-refractivity contribution in [3.05, 3.63) is 76.3 Å². The molecule has 0 radical (unpaired) electrons. The maximum absolute atomic E-state index is 13.9. The summed E-state index contributed by atoms with van der Waals surface area (Å²) in [5.41, 5.74) is 11.8. The van der Waals surface area contributed by atoms with Gasteiger partial charge in [0.2, 0.25) is 5.91 Å². The quantitative estimate of drug-likeness (QED) is 0.358. The standard InChI is InChI=1S/C25H29N5O4S/c1-4-25(2,3)28-23(33)20(16-10-12-17(31)13-11-16)30(14-15-8-6-5-7-9-15)24(34)21-18(26)19(22(27)32)29-35-21/h5-13,20,31H,4,14,26H2,1-3H3,(H2,27,32)(H,28,33). The fraction of sp³-hybridized carbons (Fsp3) is 0.280. The lowest BCUT2D eigenvalue weighted by Gasteiger charge is -2.34. The van der Waals surface area contributed by atoms with Crippen LogP contribution >= 0.6 is 11.5 Å². The number of aromatic nitrogens is 1. The van der Waals surface area contributed by atoms with Crippen molar-refractivity contribution in [1.29, 1.82) is 0 Å². The number of hydrogen-bond donors (Lipinski definition) is 4. The molecule has 3 amide bonds. The van der Waals surface area contributed by atoms with Crippen molar-refractivity contribution < 1.29 is 19.5 Å². The third-order valence-corrected chi connectivity index (χ3v) is 6.58. The molecule has 0 aliphatic carbocycles. The minimum atomic E-state index is -1.06. The molecule has 0 spiro atoms. The number of primary amides is 1. The maximum atomic E-state index is 13.9. The summed E-state index contributed by atoms with van der Waals surface area (Å²) < 4.78 is 3.95. The molecule has 1 unspecified atom stereocenters. The second-order valence-corrected chi connectivity index (χ2v) is 9.55. The molecule has 1 heterocycles. The predicted molar refractivity (Wildman–Crippen MR) is 135 cm³/mol. The van der Waals surface area contributed by atoms with Crippen LogP contribution in [0.5, 0.6) is 5.75 Å². The largest absolute Gasteiger partial charge is 0.508 e. The Balaban J connectivity index is 2.15. The van der Waals surface area contributed by atoms with E-state index in [2.05, 4.69) is 9.69 Å². The van der Waals surface area contributed by atoms with E-state index in [9.17, 15) is 19.5 Å². The number of carbonyl (C=O) groups is 3. The Labute approximate surface area is 207 Å². The zero-order valence-electron chi connectivity index (χ0n) is 19.8. The van der Waals surface area contributed by atoms with Crippen molar-refractivity contribution in [3.63, 3.8) is 0 Å². The number of nitrogens with zero attached hydrogens (tertiary/aromatic N) is 2. The Morgan fingerprint density at radius 1 is 1.11 bits per heavy atom. The Morgan fingerprint density at radius 2 is 1.74 bits per heavy atom. The first-order chi connectivity index (χ1) is 16.5. The Kier molecular flexibility index (Phi) is 7.75. The lowest BCUT2D eigenvalue weighted by Crippen LogP contribution is -2.50. The number of nitrogens with one attached hydrogen (secondary N) is 1. The van der Waals surface area contributed by atoms with Gasteiger partial charge < -0.3 is 26.8 Å². The average molecular weight is 496 g/mol. The summed E-state index contributed by atoms with van der Waals surface area (Å²) in [6.45, 7) is 5.81. The van der Waals surface area contributed by atoms with Crippen molar-refractivity contribution in [3.8, 4) is 5.75 Å². The SMILES string of the molecule is CCC(C)(C)NC(=O)C(c1ccc(O)cc1)N(Cc1ccccc1)C(=O)c1snc(C(N)=O)c1N. The van der Waals surface area contributed by atoms with Crippen LogP contribution in [0, 0.1) is 0 Å². The summed E-state index contributed by atoms with van der Waals surface area (Å²) >= 11 is 0.757. The van der Waals surface area contributed by atoms with Gasteiger partial charge in [-0.3, -0.25) is 14.4 Å². The number of rotatable bonds is 9. The molecular weight excluding hydrogens is 466 g/mol. The molecule has 0 aliphatic rings. The smallest absolute Gasteiger partial charge is 0.270 e. The minimum absolute atomic E-state index is 0.0149. The second kappa shape index (κ2) is 10.6. The molecular formula is C25H29N5O4S. The van der Waals surface area contributed by atoms with Gasteiger partial charge in [-0.1, -0.05) is 49.4 Å². The third-order valence-electron chi connectivity index (χ3n) is 5.73. The highest BCUT2D eigenvalue weighted by atomic mass is 32.1. The number of anilines is 1. The fourth-order valence-electron chi connectivity index (χ4n) is 3.44. The van der Waals surface area contributed by atoms with E-state index in [0.717, 1.165) is 17.1 Å². The topological polar surface area (TPSA) is 152 Å². The van der Waals surface area contributed by atoms with Gasteiger partial charge in [-0.05, 0) is 55.1 Å². The first-order valence-corrected chi connectivity index (χ1v) is 11.8. The average Bonchev–Trinajstić information content (AvgIpc) is 3.21. The van der Waals surface area contributed by atoms with Crippen LogP contribution in [0.2, 0.25) is 0 Å². The Hall–Kier alpha value is -3.92. The number of phenols is 1. The monoisotopic (exact) mass is 495 g/mol. The molecule has 2 aromatic carbocycles. The van der Waals surface area contributed by atoms with Crippen molar-refractivity contribution in [2.24, 2.45) is 5.73 Å². The van der Waals surface area contributed by atoms with Gasteiger partial charge in [-0.25, -0.2) is 0 Å².